The molecule has 4 heteroatoms. The first-order valence-electron chi connectivity index (χ1n) is 25.4. The summed E-state index contributed by atoms with van der Waals surface area (Å²) < 4.78 is 17.0. The molecular formula is C65H82N4+4. The number of nitrogens with zero attached hydrogens (tertiary/aromatic N) is 4. The summed E-state index contributed by atoms with van der Waals surface area (Å²) in [6.45, 7) is 27.8. The van der Waals surface area contributed by atoms with E-state index in [9.17, 15) is 0 Å². The van der Waals surface area contributed by atoms with Crippen molar-refractivity contribution in [1.82, 2.24) is 0 Å². The number of hydrogen-bond acceptors (Lipinski definition) is 0. The number of rotatable bonds is 8. The highest BCUT2D eigenvalue weighted by atomic mass is 14.9. The van der Waals surface area contributed by atoms with Crippen LogP contribution in [0.2, 0.25) is 0 Å². The second-order valence-corrected chi connectivity index (χ2v) is 19.1. The molecule has 0 radical (unpaired) electrons. The van der Waals surface area contributed by atoms with Crippen LogP contribution in [0.25, 0.3) is 45.0 Å². The molecule has 0 aliphatic carbocycles. The Morgan fingerprint density at radius 3 is 0.957 bits per heavy atom. The van der Waals surface area contributed by atoms with E-state index >= 15 is 0 Å². The van der Waals surface area contributed by atoms with Gasteiger partial charge in [-0.05, 0) is 149 Å². The quantitative estimate of drug-likeness (QED) is 0.135. The van der Waals surface area contributed by atoms with Crippen LogP contribution in [0.3, 0.4) is 0 Å². The predicted molar refractivity (Wildman–Crippen MR) is 292 cm³/mol. The Morgan fingerprint density at radius 1 is 0.348 bits per heavy atom. The second kappa shape index (κ2) is 24.7. The summed E-state index contributed by atoms with van der Waals surface area (Å²) in [4.78, 5) is 0. The van der Waals surface area contributed by atoms with Gasteiger partial charge < -0.3 is 0 Å². The van der Waals surface area contributed by atoms with Gasteiger partial charge in [0, 0.05) is 70.1 Å². The van der Waals surface area contributed by atoms with Crippen LogP contribution in [0, 0.1) is 55.4 Å². The van der Waals surface area contributed by atoms with Gasteiger partial charge in [0.1, 0.15) is 28.2 Å². The van der Waals surface area contributed by atoms with E-state index in [4.69, 9.17) is 1.37 Å². The largest absolute Gasteiger partial charge is 0.212 e. The number of aryl methyl sites for hydroxylation is 15. The third-order valence-corrected chi connectivity index (χ3v) is 13.6. The Kier molecular flexibility index (Phi) is 18.5. The summed E-state index contributed by atoms with van der Waals surface area (Å²) in [6, 6.07) is 43.2. The molecule has 0 saturated carbocycles. The molecule has 0 fully saturated rings. The van der Waals surface area contributed by atoms with Gasteiger partial charge >= 0.3 is 0 Å². The van der Waals surface area contributed by atoms with Crippen molar-refractivity contribution in [2.75, 3.05) is 0 Å². The van der Waals surface area contributed by atoms with Crippen molar-refractivity contribution in [2.24, 2.45) is 28.2 Å². The Morgan fingerprint density at radius 2 is 0.638 bits per heavy atom. The molecule has 0 atom stereocenters. The third kappa shape index (κ3) is 13.4. The van der Waals surface area contributed by atoms with Crippen LogP contribution in [0.4, 0.5) is 0 Å². The summed E-state index contributed by atoms with van der Waals surface area (Å²) in [6.07, 6.45) is 12.1. The Balaban J connectivity index is 0.000000174. The molecule has 0 aliphatic rings. The van der Waals surface area contributed by atoms with E-state index < -0.39 is 5.89 Å². The van der Waals surface area contributed by atoms with Crippen LogP contribution < -0.4 is 18.3 Å². The van der Waals surface area contributed by atoms with Crippen molar-refractivity contribution < 1.29 is 19.6 Å². The van der Waals surface area contributed by atoms with Gasteiger partial charge in [-0.1, -0.05) is 107 Å². The lowest BCUT2D eigenvalue weighted by atomic mass is 9.97. The molecule has 0 unspecified atom stereocenters. The van der Waals surface area contributed by atoms with E-state index in [0.717, 1.165) is 24.8 Å². The summed E-state index contributed by atoms with van der Waals surface area (Å²) in [5, 5.41) is 0. The molecule has 358 valence electrons. The van der Waals surface area contributed by atoms with Gasteiger partial charge in [-0.3, -0.25) is 0 Å². The van der Waals surface area contributed by atoms with Crippen LogP contribution in [0.1, 0.15) is 109 Å². The molecule has 4 nitrogen and oxygen atoms in total. The number of aromatic nitrogens is 4. The van der Waals surface area contributed by atoms with Crippen molar-refractivity contribution in [3.63, 3.8) is 0 Å². The standard InChI is InChI=1S/C17H22N.3C16H20N/c1-12(2)16-11-18(5)17(10-14(16)4)15-9-7-6-8-13(15)3;1-5-14-10-16(17(4)11-13(14)3)15-9-7-6-8-12(15)2;2*1-5-14-11-17(4)16(10-13(14)3)15-9-7-6-8-12(15)2/h6-12H,1-5H3;3*6-11H,5H2,1-4H3/q4*+1/i12D;;;. The second-order valence-electron chi connectivity index (χ2n) is 19.1. The van der Waals surface area contributed by atoms with Gasteiger partial charge in [-0.15, -0.1) is 0 Å². The van der Waals surface area contributed by atoms with Crippen LogP contribution in [-0.4, -0.2) is 0 Å². The van der Waals surface area contributed by atoms with Crippen molar-refractivity contribution in [3.05, 3.63) is 213 Å². The van der Waals surface area contributed by atoms with Gasteiger partial charge in [-0.2, -0.15) is 0 Å². The van der Waals surface area contributed by atoms with E-state index in [2.05, 4.69) is 269 Å². The van der Waals surface area contributed by atoms with E-state index in [1.165, 1.54) is 106 Å². The maximum atomic E-state index is 8.21. The lowest BCUT2D eigenvalue weighted by Crippen LogP contribution is -2.32. The normalized spacial score (nSPS) is 11.1. The molecule has 8 aromatic rings. The van der Waals surface area contributed by atoms with Gasteiger partial charge in [0.2, 0.25) is 22.8 Å². The molecule has 4 heterocycles. The lowest BCUT2D eigenvalue weighted by Gasteiger charge is -2.11. The minimum Gasteiger partial charge on any atom is -0.201 e. The minimum absolute atomic E-state index is 0.563. The topological polar surface area (TPSA) is 15.5 Å². The van der Waals surface area contributed by atoms with Crippen LogP contribution in [0.5, 0.6) is 0 Å². The first kappa shape index (κ1) is 51.9. The molecule has 0 amide bonds. The fourth-order valence-electron chi connectivity index (χ4n) is 9.34. The summed E-state index contributed by atoms with van der Waals surface area (Å²) in [5.41, 5.74) is 26.2. The average molecular weight is 920 g/mol. The maximum absolute atomic E-state index is 8.21. The van der Waals surface area contributed by atoms with Gasteiger partial charge in [-0.25, -0.2) is 18.3 Å². The highest BCUT2D eigenvalue weighted by molar-refractivity contribution is 5.64. The molecule has 0 saturated heterocycles. The SMILES string of the molecule is CCc1c[n+](C)c(-c2ccccc2C)cc1C.CCc1c[n+](C)c(-c2ccccc2C)cc1C.CCc1cc(-c2ccccc2C)[n+](C)cc1C.[2H]C(C)(C)c1c[n+](C)c(-c2ccccc2C)cc1C. The predicted octanol–water partition coefficient (Wildman–Crippen LogP) is 14.0. The molecule has 69 heavy (non-hydrogen) atoms. The van der Waals surface area contributed by atoms with E-state index in [0.29, 0.717) is 0 Å². The maximum Gasteiger partial charge on any atom is 0.212 e. The Hall–Kier alpha value is -6.52. The summed E-state index contributed by atoms with van der Waals surface area (Å²) in [5.74, 6) is -0.563. The van der Waals surface area contributed by atoms with E-state index in [1.807, 2.05) is 13.8 Å². The summed E-state index contributed by atoms with van der Waals surface area (Å²) >= 11 is 0. The van der Waals surface area contributed by atoms with Crippen LogP contribution in [0.15, 0.2) is 146 Å². The first-order valence-corrected chi connectivity index (χ1v) is 24.9. The van der Waals surface area contributed by atoms with Crippen molar-refractivity contribution in [2.45, 2.75) is 115 Å². The molecule has 4 aromatic heterocycles. The molecule has 4 aromatic carbocycles. The van der Waals surface area contributed by atoms with Crippen molar-refractivity contribution >= 4 is 0 Å². The molecule has 0 spiro atoms. The fraction of sp³-hybridized carbons (Fsp3) is 0.323. The van der Waals surface area contributed by atoms with Gasteiger partial charge in [0.25, 0.3) is 0 Å². The Labute approximate surface area is 419 Å². The number of hydrogen-bond donors (Lipinski definition) is 0. The van der Waals surface area contributed by atoms with Crippen LogP contribution >= 0.6 is 0 Å². The molecule has 0 N–H and O–H groups in total. The van der Waals surface area contributed by atoms with Gasteiger partial charge in [0.15, 0.2) is 24.8 Å². The monoisotopic (exact) mass is 920 g/mol. The van der Waals surface area contributed by atoms with E-state index in [1.54, 1.807) is 0 Å². The Bertz CT molecular complexity index is 2960. The fourth-order valence-corrected chi connectivity index (χ4v) is 9.34. The minimum atomic E-state index is -0.563. The zero-order chi connectivity index (χ0) is 51.4. The molecule has 8 rings (SSSR count). The first-order chi connectivity index (χ1) is 33.2. The lowest BCUT2D eigenvalue weighted by molar-refractivity contribution is -0.661. The smallest absolute Gasteiger partial charge is 0.201 e. The highest BCUT2D eigenvalue weighted by Crippen LogP contribution is 2.26. The van der Waals surface area contributed by atoms with Crippen molar-refractivity contribution in [3.8, 4) is 45.0 Å². The number of pyridine rings is 4. The van der Waals surface area contributed by atoms with Gasteiger partial charge in [0.05, 0.1) is 0 Å². The highest BCUT2D eigenvalue weighted by Gasteiger charge is 2.19. The zero-order valence-corrected chi connectivity index (χ0v) is 45.3. The average Bonchev–Trinajstić information content (AvgIpc) is 3.32. The molecular weight excluding hydrogens is 837 g/mol. The van der Waals surface area contributed by atoms with Crippen molar-refractivity contribution in [1.29, 1.82) is 0 Å². The molecule has 0 bridgehead atoms. The van der Waals surface area contributed by atoms with Crippen LogP contribution in [-0.2, 0) is 47.5 Å². The van der Waals surface area contributed by atoms with E-state index in [-0.39, 0.29) is 0 Å². The molecule has 0 aliphatic heterocycles. The summed E-state index contributed by atoms with van der Waals surface area (Å²) in [7, 11) is 8.42. The number of benzene rings is 4. The third-order valence-electron chi connectivity index (χ3n) is 13.6. The zero-order valence-electron chi connectivity index (χ0n) is 46.3.